The predicted octanol–water partition coefficient (Wildman–Crippen LogP) is 8.30. The first-order chi connectivity index (χ1) is 23.2. The summed E-state index contributed by atoms with van der Waals surface area (Å²) in [5.41, 5.74) is 11.0. The van der Waals surface area contributed by atoms with E-state index < -0.39 is 0 Å². The highest BCUT2D eigenvalue weighted by Crippen LogP contribution is 2.30. The highest BCUT2D eigenvalue weighted by molar-refractivity contribution is 6.30. The fourth-order valence-corrected chi connectivity index (χ4v) is 5.90. The van der Waals surface area contributed by atoms with Crippen LogP contribution in [0.4, 0.5) is 4.39 Å². The summed E-state index contributed by atoms with van der Waals surface area (Å²) < 4.78 is 27.5. The van der Waals surface area contributed by atoms with Crippen LogP contribution in [0.3, 0.4) is 0 Å². The minimum atomic E-state index is -0.239. The third-order valence-electron chi connectivity index (χ3n) is 8.11. The number of halogens is 2. The normalized spacial score (nSPS) is 11.3. The number of imidazole rings is 2. The lowest BCUT2D eigenvalue weighted by Crippen LogP contribution is -1.99. The highest BCUT2D eigenvalue weighted by atomic mass is 35.5. The van der Waals surface area contributed by atoms with Gasteiger partial charge in [-0.2, -0.15) is 0 Å². The lowest BCUT2D eigenvalue weighted by molar-refractivity contribution is 0.393. The van der Waals surface area contributed by atoms with E-state index in [2.05, 4.69) is 40.9 Å². The lowest BCUT2D eigenvalue weighted by atomic mass is 10.1. The second kappa shape index (κ2) is 12.8. The predicted molar refractivity (Wildman–Crippen MR) is 181 cm³/mol. The van der Waals surface area contributed by atoms with Crippen LogP contribution in [0.1, 0.15) is 34.0 Å². The van der Waals surface area contributed by atoms with Gasteiger partial charge in [0, 0.05) is 46.2 Å². The molecule has 0 saturated carbocycles. The Morgan fingerprint density at radius 1 is 0.667 bits per heavy atom. The molecule has 0 fully saturated rings. The molecule has 48 heavy (non-hydrogen) atoms. The van der Waals surface area contributed by atoms with Gasteiger partial charge in [0.15, 0.2) is 11.3 Å². The zero-order valence-electron chi connectivity index (χ0n) is 26.6. The van der Waals surface area contributed by atoms with Gasteiger partial charge in [-0.1, -0.05) is 46.2 Å². The largest absolute Gasteiger partial charge is 0.361 e. The maximum absolute atomic E-state index is 13.0. The van der Waals surface area contributed by atoms with Gasteiger partial charge >= 0.3 is 0 Å². The first-order valence-corrected chi connectivity index (χ1v) is 15.6. The molecule has 0 amide bonds. The number of benzene rings is 2. The first kappa shape index (κ1) is 30.9. The summed E-state index contributed by atoms with van der Waals surface area (Å²) in [6, 6.07) is 18.3. The number of hydrogen-bond acceptors (Lipinski definition) is 8. The topological polar surface area (TPSA) is 113 Å². The molecule has 0 radical (unpaired) electrons. The van der Waals surface area contributed by atoms with E-state index >= 15 is 0 Å². The van der Waals surface area contributed by atoms with Crippen molar-refractivity contribution >= 4 is 33.9 Å². The van der Waals surface area contributed by atoms with Gasteiger partial charge in [0.25, 0.3) is 0 Å². The van der Waals surface area contributed by atoms with Crippen molar-refractivity contribution in [2.75, 3.05) is 0 Å². The summed E-state index contributed by atoms with van der Waals surface area (Å²) in [5.74, 6) is 1.31. The van der Waals surface area contributed by atoms with Gasteiger partial charge in [0.2, 0.25) is 0 Å². The molecule has 0 saturated heterocycles. The van der Waals surface area contributed by atoms with E-state index in [0.717, 1.165) is 83.6 Å². The van der Waals surface area contributed by atoms with Crippen molar-refractivity contribution < 1.29 is 13.4 Å². The number of aromatic nitrogens is 8. The van der Waals surface area contributed by atoms with Gasteiger partial charge in [-0.25, -0.2) is 24.3 Å². The molecular weight excluding hydrogens is 631 g/mol. The SMILES string of the molecule is Cc1noc(C)c1-c1cnc2c(c1)ncn2Cc1ccc(F)cc1.Cc1noc(C)c1-c1cnc2ncn(Cc3ccc(Cl)cc3)c2c1. The summed E-state index contributed by atoms with van der Waals surface area (Å²) in [7, 11) is 0. The second-order valence-corrected chi connectivity index (χ2v) is 12.0. The number of pyridine rings is 2. The second-order valence-electron chi connectivity index (χ2n) is 11.5. The van der Waals surface area contributed by atoms with Gasteiger partial charge in [0.05, 0.1) is 36.1 Å². The van der Waals surface area contributed by atoms with Crippen LogP contribution in [-0.2, 0) is 13.1 Å². The van der Waals surface area contributed by atoms with Crippen LogP contribution in [0.15, 0.2) is 94.8 Å². The molecule has 0 unspecified atom stereocenters. The van der Waals surface area contributed by atoms with E-state index in [1.54, 1.807) is 24.7 Å². The fraction of sp³-hybridized carbons (Fsp3) is 0.167. The molecule has 10 nitrogen and oxygen atoms in total. The fourth-order valence-electron chi connectivity index (χ4n) is 5.77. The molecule has 240 valence electrons. The van der Waals surface area contributed by atoms with E-state index in [1.165, 1.54) is 12.1 Å². The smallest absolute Gasteiger partial charge is 0.177 e. The van der Waals surface area contributed by atoms with Gasteiger partial charge in [-0.15, -0.1) is 0 Å². The maximum Gasteiger partial charge on any atom is 0.177 e. The van der Waals surface area contributed by atoms with Crippen molar-refractivity contribution in [2.24, 2.45) is 0 Å². The van der Waals surface area contributed by atoms with Gasteiger partial charge < -0.3 is 18.2 Å². The Balaban J connectivity index is 0.000000152. The Morgan fingerprint density at radius 3 is 1.85 bits per heavy atom. The number of nitrogens with zero attached hydrogens (tertiary/aromatic N) is 8. The lowest BCUT2D eigenvalue weighted by Gasteiger charge is -2.06. The van der Waals surface area contributed by atoms with Crippen LogP contribution >= 0.6 is 11.6 Å². The quantitative estimate of drug-likeness (QED) is 0.175. The van der Waals surface area contributed by atoms with Crippen LogP contribution < -0.4 is 0 Å². The minimum absolute atomic E-state index is 0.239. The van der Waals surface area contributed by atoms with Gasteiger partial charge in [0.1, 0.15) is 22.9 Å². The van der Waals surface area contributed by atoms with E-state index in [9.17, 15) is 4.39 Å². The van der Waals surface area contributed by atoms with E-state index in [1.807, 2.05) is 75.1 Å². The van der Waals surface area contributed by atoms with Crippen molar-refractivity contribution in [2.45, 2.75) is 40.8 Å². The zero-order chi connectivity index (χ0) is 33.4. The van der Waals surface area contributed by atoms with E-state index in [-0.39, 0.29) is 5.82 Å². The molecule has 12 heteroatoms. The molecule has 0 aliphatic carbocycles. The summed E-state index contributed by atoms with van der Waals surface area (Å²) in [6.07, 6.45) is 7.17. The van der Waals surface area contributed by atoms with Crippen LogP contribution in [-0.4, -0.2) is 39.4 Å². The zero-order valence-corrected chi connectivity index (χ0v) is 27.4. The van der Waals surface area contributed by atoms with Crippen LogP contribution in [0, 0.1) is 33.5 Å². The highest BCUT2D eigenvalue weighted by Gasteiger charge is 2.16. The summed E-state index contributed by atoms with van der Waals surface area (Å²) in [6.45, 7) is 8.93. The Bertz CT molecular complexity index is 2330. The molecule has 0 bridgehead atoms. The number of fused-ring (bicyclic) bond motifs is 2. The van der Waals surface area contributed by atoms with E-state index in [4.69, 9.17) is 20.6 Å². The van der Waals surface area contributed by atoms with Crippen molar-refractivity contribution in [3.63, 3.8) is 0 Å². The summed E-state index contributed by atoms with van der Waals surface area (Å²) >= 11 is 5.95. The average molecular weight is 661 g/mol. The molecule has 6 heterocycles. The summed E-state index contributed by atoms with van der Waals surface area (Å²) in [4.78, 5) is 17.8. The Hall–Kier alpha value is -5.68. The summed E-state index contributed by atoms with van der Waals surface area (Å²) in [5, 5.41) is 8.74. The molecule has 0 atom stereocenters. The monoisotopic (exact) mass is 660 g/mol. The molecule has 0 aliphatic rings. The Labute approximate surface area is 279 Å². The maximum atomic E-state index is 13.0. The Kier molecular flexibility index (Phi) is 8.28. The van der Waals surface area contributed by atoms with Gasteiger partial charge in [-0.3, -0.25) is 0 Å². The molecule has 0 spiro atoms. The minimum Gasteiger partial charge on any atom is -0.361 e. The molecule has 6 aromatic heterocycles. The third kappa shape index (κ3) is 6.19. The number of hydrogen-bond donors (Lipinski definition) is 0. The van der Waals surface area contributed by atoms with Gasteiger partial charge in [-0.05, 0) is 75.2 Å². The Morgan fingerprint density at radius 2 is 1.23 bits per heavy atom. The molecular formula is C36H30ClFN8O2. The molecule has 0 aliphatic heterocycles. The van der Waals surface area contributed by atoms with Crippen LogP contribution in [0.25, 0.3) is 44.6 Å². The number of rotatable bonds is 6. The molecule has 8 rings (SSSR count). The van der Waals surface area contributed by atoms with Crippen molar-refractivity contribution in [1.29, 1.82) is 0 Å². The number of aryl methyl sites for hydroxylation is 4. The standard InChI is InChI=1S/C18H15ClN4O.C18H15FN4O/c1-11-17(12(2)24-22-11)14-7-16-18(20-8-14)21-10-23(16)9-13-3-5-15(19)6-4-13;1-11-17(12(2)24-22-11)14-7-16-18(20-8-14)23(10-21-16)9-13-3-5-15(19)6-4-13/h2*3-8,10H,9H2,1-2H3. The van der Waals surface area contributed by atoms with Crippen molar-refractivity contribution in [3.8, 4) is 22.3 Å². The van der Waals surface area contributed by atoms with Crippen molar-refractivity contribution in [1.82, 2.24) is 39.4 Å². The van der Waals surface area contributed by atoms with E-state index in [0.29, 0.717) is 13.1 Å². The third-order valence-corrected chi connectivity index (χ3v) is 8.36. The van der Waals surface area contributed by atoms with Crippen molar-refractivity contribution in [3.05, 3.63) is 131 Å². The van der Waals surface area contributed by atoms with Crippen LogP contribution in [0.5, 0.6) is 0 Å². The molecule has 8 aromatic rings. The molecule has 2 aromatic carbocycles. The average Bonchev–Trinajstić information content (AvgIpc) is 3.85. The molecule has 0 N–H and O–H groups in total. The van der Waals surface area contributed by atoms with Crippen LogP contribution in [0.2, 0.25) is 5.02 Å². The first-order valence-electron chi connectivity index (χ1n) is 15.2.